The third kappa shape index (κ3) is 5.46. The molecule has 0 saturated carbocycles. The second kappa shape index (κ2) is 13.2. The Kier molecular flexibility index (Phi) is 7.60. The minimum absolute atomic E-state index is 0.575. The number of hydrogen-bond acceptors (Lipinski definition) is 5. The van der Waals surface area contributed by atoms with Crippen molar-refractivity contribution in [1.82, 2.24) is 24.5 Å². The molecule has 4 aromatic heterocycles. The van der Waals surface area contributed by atoms with Crippen LogP contribution in [0.3, 0.4) is 0 Å². The van der Waals surface area contributed by atoms with Gasteiger partial charge in [-0.25, -0.2) is 15.0 Å². The van der Waals surface area contributed by atoms with Crippen LogP contribution in [0.1, 0.15) is 0 Å². The van der Waals surface area contributed by atoms with Gasteiger partial charge in [-0.15, -0.1) is 11.3 Å². The highest BCUT2D eigenvalue weighted by Crippen LogP contribution is 2.43. The van der Waals surface area contributed by atoms with Crippen LogP contribution in [0.2, 0.25) is 0 Å². The fourth-order valence-electron chi connectivity index (χ4n) is 7.82. The predicted molar refractivity (Wildman–Crippen MR) is 232 cm³/mol. The fourth-order valence-corrected chi connectivity index (χ4v) is 8.98. The minimum Gasteiger partial charge on any atom is -0.309 e. The van der Waals surface area contributed by atoms with Crippen molar-refractivity contribution in [3.05, 3.63) is 188 Å². The zero-order valence-corrected chi connectivity index (χ0v) is 30.9. The molecule has 0 aliphatic heterocycles. The average molecular weight is 734 g/mol. The van der Waals surface area contributed by atoms with Crippen molar-refractivity contribution in [3.63, 3.8) is 0 Å². The molecule has 0 spiro atoms. The summed E-state index contributed by atoms with van der Waals surface area (Å²) in [5, 5.41) is 4.98. The number of rotatable bonds is 6. The van der Waals surface area contributed by atoms with Crippen molar-refractivity contribution in [2.45, 2.75) is 0 Å². The Hall–Kier alpha value is -7.28. The number of pyridine rings is 1. The van der Waals surface area contributed by atoms with Crippen LogP contribution in [0.5, 0.6) is 0 Å². The van der Waals surface area contributed by atoms with E-state index in [2.05, 4.69) is 120 Å². The maximum absolute atomic E-state index is 5.18. The number of aromatic nitrogens is 5. The molecule has 0 aliphatic carbocycles. The van der Waals surface area contributed by atoms with Gasteiger partial charge in [0, 0.05) is 70.6 Å². The average Bonchev–Trinajstić information content (AvgIpc) is 3.80. The molecule has 5 nitrogen and oxygen atoms in total. The van der Waals surface area contributed by atoms with E-state index in [0.717, 1.165) is 44.8 Å². The van der Waals surface area contributed by atoms with Crippen LogP contribution in [0.4, 0.5) is 0 Å². The third-order valence-corrected chi connectivity index (χ3v) is 11.6. The largest absolute Gasteiger partial charge is 0.309 e. The number of para-hydroxylation sites is 2. The summed E-state index contributed by atoms with van der Waals surface area (Å²) < 4.78 is 4.83. The maximum Gasteiger partial charge on any atom is 0.166 e. The number of thiophene rings is 1. The van der Waals surface area contributed by atoms with Gasteiger partial charge in [0.15, 0.2) is 17.5 Å². The zero-order chi connectivity index (χ0) is 37.0. The van der Waals surface area contributed by atoms with Gasteiger partial charge in [-0.1, -0.05) is 140 Å². The molecule has 0 radical (unpaired) electrons. The lowest BCUT2D eigenvalue weighted by Gasteiger charge is -2.13. The Labute approximate surface area is 326 Å². The first-order chi connectivity index (χ1) is 27.7. The summed E-state index contributed by atoms with van der Waals surface area (Å²) in [5.74, 6) is 1.81. The second-order valence-corrected chi connectivity index (χ2v) is 15.0. The van der Waals surface area contributed by atoms with Gasteiger partial charge >= 0.3 is 0 Å². The van der Waals surface area contributed by atoms with Gasteiger partial charge in [0.25, 0.3) is 0 Å². The fraction of sp³-hybridized carbons (Fsp3) is 0. The summed E-state index contributed by atoms with van der Waals surface area (Å²) >= 11 is 1.82. The Bertz CT molecular complexity index is 3170. The van der Waals surface area contributed by atoms with E-state index < -0.39 is 0 Å². The van der Waals surface area contributed by atoms with Gasteiger partial charge in [0.05, 0.1) is 16.7 Å². The molecule has 0 amide bonds. The van der Waals surface area contributed by atoms with E-state index >= 15 is 0 Å². The van der Waals surface area contributed by atoms with Gasteiger partial charge in [0.2, 0.25) is 0 Å². The lowest BCUT2D eigenvalue weighted by atomic mass is 9.99. The molecule has 262 valence electrons. The van der Waals surface area contributed by atoms with Crippen LogP contribution < -0.4 is 0 Å². The molecular formula is C50H31N5S. The van der Waals surface area contributed by atoms with Crippen molar-refractivity contribution < 1.29 is 0 Å². The summed E-state index contributed by atoms with van der Waals surface area (Å²) in [6, 6.07) is 63.5. The van der Waals surface area contributed by atoms with Crippen LogP contribution in [0.15, 0.2) is 188 Å². The first kappa shape index (κ1) is 32.2. The van der Waals surface area contributed by atoms with E-state index in [0.29, 0.717) is 17.5 Å². The monoisotopic (exact) mass is 733 g/mol. The van der Waals surface area contributed by atoms with Crippen molar-refractivity contribution in [3.8, 4) is 62.2 Å². The normalized spacial score (nSPS) is 11.6. The van der Waals surface area contributed by atoms with E-state index in [1.54, 1.807) is 0 Å². The van der Waals surface area contributed by atoms with Crippen molar-refractivity contribution >= 4 is 53.3 Å². The molecule has 56 heavy (non-hydrogen) atoms. The van der Waals surface area contributed by atoms with Crippen LogP contribution in [0.25, 0.3) is 104 Å². The molecule has 11 rings (SSSR count). The zero-order valence-electron chi connectivity index (χ0n) is 30.0. The summed E-state index contributed by atoms with van der Waals surface area (Å²) in [6.07, 6.45) is 1.96. The van der Waals surface area contributed by atoms with Crippen LogP contribution in [-0.4, -0.2) is 24.5 Å². The smallest absolute Gasteiger partial charge is 0.166 e. The molecule has 0 bridgehead atoms. The Morgan fingerprint density at radius 1 is 0.375 bits per heavy atom. The molecule has 0 aliphatic rings. The highest BCUT2D eigenvalue weighted by molar-refractivity contribution is 7.25. The maximum atomic E-state index is 5.18. The molecular weight excluding hydrogens is 703 g/mol. The van der Waals surface area contributed by atoms with Gasteiger partial charge in [0.1, 0.15) is 0 Å². The first-order valence-corrected chi connectivity index (χ1v) is 19.4. The summed E-state index contributed by atoms with van der Waals surface area (Å²) in [7, 11) is 0. The molecule has 0 unspecified atom stereocenters. The van der Waals surface area contributed by atoms with E-state index in [-0.39, 0.29) is 0 Å². The van der Waals surface area contributed by atoms with Gasteiger partial charge in [-0.2, -0.15) is 0 Å². The highest BCUT2D eigenvalue weighted by Gasteiger charge is 2.20. The number of fused-ring (bicyclic) bond motifs is 6. The van der Waals surface area contributed by atoms with E-state index in [4.69, 9.17) is 19.9 Å². The highest BCUT2D eigenvalue weighted by atomic mass is 32.1. The topological polar surface area (TPSA) is 56.5 Å². The standard InChI is InChI=1S/C50H31N5S/c1-5-15-32(16-6-1)36-27-42(50-53-48(33-17-7-2-8-18-33)52-49(54-50)34-19-9-3-10-20-34)47(51-31-36)35-25-26-39-41-29-40-38-23-13-14-24-43(38)55(37-21-11-4-12-22-37)44(40)30-46(41)56-45(39)28-35/h1-31H. The Morgan fingerprint density at radius 3 is 1.66 bits per heavy atom. The molecule has 0 fully saturated rings. The van der Waals surface area contributed by atoms with E-state index in [1.165, 1.54) is 42.0 Å². The minimum atomic E-state index is 0.575. The molecule has 6 heteroatoms. The summed E-state index contributed by atoms with van der Waals surface area (Å²) in [4.78, 5) is 20.4. The number of benzene rings is 7. The third-order valence-electron chi connectivity index (χ3n) is 10.5. The second-order valence-electron chi connectivity index (χ2n) is 13.9. The molecule has 0 N–H and O–H groups in total. The molecule has 4 heterocycles. The lowest BCUT2D eigenvalue weighted by Crippen LogP contribution is -2.02. The van der Waals surface area contributed by atoms with Crippen LogP contribution >= 0.6 is 11.3 Å². The number of hydrogen-bond donors (Lipinski definition) is 0. The lowest BCUT2D eigenvalue weighted by molar-refractivity contribution is 1.07. The van der Waals surface area contributed by atoms with Crippen LogP contribution in [-0.2, 0) is 0 Å². The Morgan fingerprint density at radius 2 is 0.964 bits per heavy atom. The molecule has 0 atom stereocenters. The van der Waals surface area contributed by atoms with Crippen LogP contribution in [0, 0.1) is 0 Å². The molecule has 7 aromatic carbocycles. The molecule has 11 aromatic rings. The van der Waals surface area contributed by atoms with Gasteiger partial charge in [-0.3, -0.25) is 4.98 Å². The van der Waals surface area contributed by atoms with Crippen molar-refractivity contribution in [2.24, 2.45) is 0 Å². The quantitative estimate of drug-likeness (QED) is 0.171. The predicted octanol–water partition coefficient (Wildman–Crippen LogP) is 13.1. The number of nitrogens with zero attached hydrogens (tertiary/aromatic N) is 5. The van der Waals surface area contributed by atoms with E-state index in [1.807, 2.05) is 84.3 Å². The SMILES string of the molecule is c1ccc(-c2cnc(-c3ccc4c(c3)sc3cc5c(cc34)c3ccccc3n5-c3ccccc3)c(-c3nc(-c4ccccc4)nc(-c4ccccc4)n3)c2)cc1. The van der Waals surface area contributed by atoms with Gasteiger partial charge in [-0.05, 0) is 48.0 Å². The Balaban J connectivity index is 1.12. The first-order valence-electron chi connectivity index (χ1n) is 18.6. The van der Waals surface area contributed by atoms with E-state index in [9.17, 15) is 0 Å². The van der Waals surface area contributed by atoms with Gasteiger partial charge < -0.3 is 4.57 Å². The summed E-state index contributed by atoms with van der Waals surface area (Å²) in [6.45, 7) is 0. The summed E-state index contributed by atoms with van der Waals surface area (Å²) in [5.41, 5.74) is 10.2. The van der Waals surface area contributed by atoms with Crippen molar-refractivity contribution in [2.75, 3.05) is 0 Å². The van der Waals surface area contributed by atoms with Crippen molar-refractivity contribution in [1.29, 1.82) is 0 Å². The molecule has 0 saturated heterocycles.